The van der Waals surface area contributed by atoms with Crippen molar-refractivity contribution in [2.24, 2.45) is 0 Å². The summed E-state index contributed by atoms with van der Waals surface area (Å²) in [4.78, 5) is 8.72. The zero-order chi connectivity index (χ0) is 34.1. The van der Waals surface area contributed by atoms with Crippen LogP contribution in [0.1, 0.15) is 22.3 Å². The van der Waals surface area contributed by atoms with Crippen molar-refractivity contribution in [3.63, 3.8) is 0 Å². The summed E-state index contributed by atoms with van der Waals surface area (Å²) >= 11 is 2.96. The Hall–Kier alpha value is -5.28. The molecule has 0 saturated heterocycles. The van der Waals surface area contributed by atoms with Crippen molar-refractivity contribution in [2.45, 2.75) is 28.5 Å². The number of hydrogen-bond donors (Lipinski definition) is 0. The van der Waals surface area contributed by atoms with Crippen molar-refractivity contribution < 1.29 is 27.8 Å². The van der Waals surface area contributed by atoms with Crippen LogP contribution in [0.4, 0.5) is 11.4 Å². The van der Waals surface area contributed by atoms with Crippen LogP contribution in [0.25, 0.3) is 0 Å². The van der Waals surface area contributed by atoms with Gasteiger partial charge in [-0.15, -0.1) is 4.33 Å². The van der Waals surface area contributed by atoms with Gasteiger partial charge in [0.2, 0.25) is 11.4 Å². The van der Waals surface area contributed by atoms with Gasteiger partial charge in [0.15, 0.2) is 18.2 Å². The molecular formula is C42H36N2O4S2+2. The van der Waals surface area contributed by atoms with Gasteiger partial charge >= 0.3 is 0 Å². The fourth-order valence-corrected chi connectivity index (χ4v) is 7.22. The highest BCUT2D eigenvalue weighted by Gasteiger charge is 2.23. The third-order valence-corrected chi connectivity index (χ3v) is 9.54. The highest BCUT2D eigenvalue weighted by molar-refractivity contribution is 7.99. The number of rotatable bonds is 8. The molecule has 0 bridgehead atoms. The van der Waals surface area contributed by atoms with Gasteiger partial charge in [-0.1, -0.05) is 84.6 Å². The molecule has 2 heterocycles. The van der Waals surface area contributed by atoms with Crippen LogP contribution in [0.2, 0.25) is 0 Å². The van der Waals surface area contributed by atoms with Crippen LogP contribution in [0.3, 0.4) is 0 Å². The molecule has 248 valence electrons. The Morgan fingerprint density at radius 1 is 0.520 bits per heavy atom. The lowest BCUT2D eigenvalue weighted by molar-refractivity contribution is -0.476. The Morgan fingerprint density at radius 3 is 1.52 bits per heavy atom. The second-order valence-corrected chi connectivity index (χ2v) is 13.6. The lowest BCUT2D eigenvalue weighted by Crippen LogP contribution is -2.21. The average molecular weight is 697 g/mol. The van der Waals surface area contributed by atoms with Gasteiger partial charge < -0.3 is 14.4 Å². The summed E-state index contributed by atoms with van der Waals surface area (Å²) in [5.41, 5.74) is 6.63. The molecule has 0 aromatic heterocycles. The van der Waals surface area contributed by atoms with Gasteiger partial charge in [-0.2, -0.15) is 9.15 Å². The van der Waals surface area contributed by atoms with E-state index in [-0.39, 0.29) is 0 Å². The van der Waals surface area contributed by atoms with Crippen molar-refractivity contribution in [1.82, 2.24) is 0 Å². The van der Waals surface area contributed by atoms with Crippen LogP contribution in [0.15, 0.2) is 160 Å². The number of nitrogens with zero attached hydrogens (tertiary/aromatic N) is 2. The lowest BCUT2D eigenvalue weighted by Gasteiger charge is -2.17. The Morgan fingerprint density at radius 2 is 0.980 bits per heavy atom. The van der Waals surface area contributed by atoms with E-state index in [1.807, 2.05) is 91.9 Å². The first-order valence-electron chi connectivity index (χ1n) is 16.3. The molecular weight excluding hydrogens is 661 g/mol. The van der Waals surface area contributed by atoms with E-state index in [0.717, 1.165) is 44.5 Å². The van der Waals surface area contributed by atoms with Gasteiger partial charge in [-0.05, 0) is 73.5 Å². The summed E-state index contributed by atoms with van der Waals surface area (Å²) in [6.45, 7) is 5.19. The van der Waals surface area contributed by atoms with E-state index in [9.17, 15) is 0 Å². The molecule has 8 rings (SSSR count). The van der Waals surface area contributed by atoms with Gasteiger partial charge in [-0.3, -0.25) is 0 Å². The molecule has 2 aliphatic rings. The second-order valence-electron chi connectivity index (χ2n) is 11.7. The van der Waals surface area contributed by atoms with Gasteiger partial charge in [-0.25, -0.2) is 0 Å². The molecule has 0 amide bonds. The Kier molecular flexibility index (Phi) is 10.6. The smallest absolute Gasteiger partial charge is 0.292 e. The van der Waals surface area contributed by atoms with E-state index < -0.39 is 0 Å². The minimum atomic E-state index is 0.498. The molecule has 50 heavy (non-hydrogen) atoms. The summed E-state index contributed by atoms with van der Waals surface area (Å²) in [6.07, 6.45) is 4.28. The summed E-state index contributed by atoms with van der Waals surface area (Å²) in [6, 6.07) is 48.8. The highest BCUT2D eigenvalue weighted by atomic mass is 32.2. The number of para-hydroxylation sites is 3. The molecule has 6 aromatic carbocycles. The van der Waals surface area contributed by atoms with Crippen LogP contribution in [0.5, 0.6) is 17.2 Å². The van der Waals surface area contributed by atoms with Gasteiger partial charge in [0.1, 0.15) is 11.5 Å². The maximum Gasteiger partial charge on any atom is 0.292 e. The maximum absolute atomic E-state index is 6.01. The normalized spacial score (nSPS) is 12.8. The summed E-state index contributed by atoms with van der Waals surface area (Å²) in [5.74, 6) is 2.56. The quantitative estimate of drug-likeness (QED) is 0.0683. The van der Waals surface area contributed by atoms with Crippen molar-refractivity contribution in [3.05, 3.63) is 168 Å². The maximum atomic E-state index is 6.01. The van der Waals surface area contributed by atoms with Gasteiger partial charge in [0, 0.05) is 39.0 Å². The Bertz CT molecular complexity index is 2120. The molecule has 8 heteroatoms. The van der Waals surface area contributed by atoms with Crippen LogP contribution in [-0.2, 0) is 4.33 Å². The third-order valence-electron chi connectivity index (χ3n) is 8.00. The number of hydrogen-bond acceptors (Lipinski definition) is 6. The van der Waals surface area contributed by atoms with Crippen molar-refractivity contribution in [3.8, 4) is 17.2 Å². The van der Waals surface area contributed by atoms with E-state index in [1.165, 1.54) is 27.4 Å². The van der Waals surface area contributed by atoms with Crippen LogP contribution < -0.4 is 14.4 Å². The zero-order valence-electron chi connectivity index (χ0n) is 27.8. The molecule has 0 saturated carbocycles. The third kappa shape index (κ3) is 8.29. The molecule has 6 nitrogen and oxygen atoms in total. The second kappa shape index (κ2) is 16.0. The molecule has 0 N–H and O–H groups in total. The monoisotopic (exact) mass is 696 g/mol. The van der Waals surface area contributed by atoms with Crippen molar-refractivity contribution in [2.75, 3.05) is 13.5 Å². The average Bonchev–Trinajstić information content (AvgIpc) is 3.16. The first-order valence-corrected chi connectivity index (χ1v) is 17.8. The van der Waals surface area contributed by atoms with E-state index in [0.29, 0.717) is 19.2 Å². The highest BCUT2D eigenvalue weighted by Crippen LogP contribution is 2.35. The summed E-state index contributed by atoms with van der Waals surface area (Å²) < 4.78 is 21.5. The molecule has 0 unspecified atom stereocenters. The summed E-state index contributed by atoms with van der Waals surface area (Å²) in [7, 11) is 0. The molecule has 0 fully saturated rings. The number of ether oxygens (including phenoxy) is 2. The van der Waals surface area contributed by atoms with E-state index in [2.05, 4.69) is 89.2 Å². The standard InChI is InChI=1S/C21H18NO3S.C21H18NOS/c1-16-12-20(26-25-24-19-10-6-3-7-11-19)13-17-14-22(15-23-21(16)17)18-8-4-2-5-9-18;1-16-12-20(24-19-10-6-3-7-11-19)13-17-14-22(15-23-21(16)17)18-8-4-2-5-9-18/h2-14H,15H2,1H3;2-14H,15H2,1H3/q2*+1. The minimum absolute atomic E-state index is 0.498. The first-order chi connectivity index (χ1) is 24.6. The first kappa shape index (κ1) is 33.2. The number of benzene rings is 6. The van der Waals surface area contributed by atoms with Crippen LogP contribution in [-0.4, -0.2) is 35.0 Å². The Balaban J connectivity index is 0.000000157. The van der Waals surface area contributed by atoms with E-state index in [4.69, 9.17) is 18.7 Å². The predicted octanol–water partition coefficient (Wildman–Crippen LogP) is 10.4. The molecule has 0 radical (unpaired) electrons. The molecule has 6 aromatic rings. The van der Waals surface area contributed by atoms with Crippen molar-refractivity contribution in [1.29, 1.82) is 0 Å². The predicted molar refractivity (Wildman–Crippen MR) is 201 cm³/mol. The zero-order valence-corrected chi connectivity index (χ0v) is 29.4. The fourth-order valence-electron chi connectivity index (χ4n) is 5.64. The molecule has 2 aliphatic heterocycles. The minimum Gasteiger partial charge on any atom is -0.435 e. The van der Waals surface area contributed by atoms with E-state index in [1.54, 1.807) is 11.8 Å². The Labute approximate surface area is 301 Å². The molecule has 0 aliphatic carbocycles. The lowest BCUT2D eigenvalue weighted by atomic mass is 10.1. The molecule has 0 atom stereocenters. The topological polar surface area (TPSA) is 42.9 Å². The van der Waals surface area contributed by atoms with Crippen molar-refractivity contribution >= 4 is 47.6 Å². The fraction of sp³-hybridized carbons (Fsp3) is 0.0952. The van der Waals surface area contributed by atoms with Gasteiger partial charge in [0.25, 0.3) is 13.5 Å². The SMILES string of the molecule is Cc1cc(SOOc2ccccc2)cc2c1OC[N+](c1ccccc1)=C2.Cc1cc(Sc2ccccc2)cc2c1OC[N+](c1ccccc1)=C2. The van der Waals surface area contributed by atoms with Crippen LogP contribution >= 0.6 is 23.8 Å². The summed E-state index contributed by atoms with van der Waals surface area (Å²) in [5, 5.41) is 0. The van der Waals surface area contributed by atoms with Crippen LogP contribution in [0, 0.1) is 13.8 Å². The largest absolute Gasteiger partial charge is 0.435 e. The van der Waals surface area contributed by atoms with E-state index >= 15 is 0 Å². The number of aryl methyl sites for hydroxylation is 2. The van der Waals surface area contributed by atoms with Gasteiger partial charge in [0.05, 0.1) is 23.2 Å². The number of fused-ring (bicyclic) bond motifs is 2. The molecule has 0 spiro atoms.